The molecule has 0 aliphatic carbocycles. The van der Waals surface area contributed by atoms with Crippen LogP contribution >= 0.6 is 0 Å². The van der Waals surface area contributed by atoms with Crippen LogP contribution in [0.4, 0.5) is 0 Å². The van der Waals surface area contributed by atoms with Crippen LogP contribution in [0.2, 0.25) is 0 Å². The van der Waals surface area contributed by atoms with E-state index < -0.39 is 0 Å². The van der Waals surface area contributed by atoms with Crippen LogP contribution in [0, 0.1) is 0 Å². The van der Waals surface area contributed by atoms with Gasteiger partial charge in [-0.3, -0.25) is 4.90 Å². The van der Waals surface area contributed by atoms with Gasteiger partial charge in [0.1, 0.15) is 0 Å². The molecule has 1 aliphatic heterocycles. The van der Waals surface area contributed by atoms with E-state index in [1.54, 1.807) is 0 Å². The molecule has 1 aromatic rings. The summed E-state index contributed by atoms with van der Waals surface area (Å²) >= 11 is 0. The van der Waals surface area contributed by atoms with E-state index in [4.69, 9.17) is 11.5 Å². The second-order valence-corrected chi connectivity index (χ2v) is 4.51. The topological polar surface area (TPSA) is 55.3 Å². The number of nitrogens with two attached hydrogens (primary N) is 2. The average molecular weight is 205 g/mol. The number of benzene rings is 1. The molecule has 2 rings (SSSR count). The van der Waals surface area contributed by atoms with Gasteiger partial charge < -0.3 is 11.5 Å². The van der Waals surface area contributed by atoms with Gasteiger partial charge in [-0.05, 0) is 12.0 Å². The number of likely N-dealkylation sites (tertiary alicyclic amines) is 1. The monoisotopic (exact) mass is 205 g/mol. The third-order valence-corrected chi connectivity index (χ3v) is 3.12. The Balaban J connectivity index is 1.93. The molecule has 3 heteroatoms. The molecule has 0 spiro atoms. The van der Waals surface area contributed by atoms with E-state index in [1.165, 1.54) is 5.56 Å². The van der Waals surface area contributed by atoms with Crippen LogP contribution in [0.15, 0.2) is 30.3 Å². The Morgan fingerprint density at radius 3 is 2.60 bits per heavy atom. The lowest BCUT2D eigenvalue weighted by atomic mass is 10.0. The Bertz CT molecular complexity index is 312. The average Bonchev–Trinajstić information content (AvgIpc) is 2.63. The van der Waals surface area contributed by atoms with E-state index in [0.29, 0.717) is 6.54 Å². The highest BCUT2D eigenvalue weighted by atomic mass is 15.2. The van der Waals surface area contributed by atoms with Crippen molar-refractivity contribution in [2.24, 2.45) is 11.5 Å². The lowest BCUT2D eigenvalue weighted by Crippen LogP contribution is -2.49. The SMILES string of the molecule is NC[C@@]1(N)CCN(Cc2ccccc2)C1. The molecule has 3 nitrogen and oxygen atoms in total. The Labute approximate surface area is 91.1 Å². The molecule has 0 amide bonds. The molecule has 1 aromatic carbocycles. The van der Waals surface area contributed by atoms with Gasteiger partial charge in [-0.1, -0.05) is 30.3 Å². The van der Waals surface area contributed by atoms with Crippen LogP contribution in [-0.2, 0) is 6.54 Å². The molecule has 0 unspecified atom stereocenters. The summed E-state index contributed by atoms with van der Waals surface area (Å²) in [6.07, 6.45) is 1.01. The minimum Gasteiger partial charge on any atom is -0.329 e. The van der Waals surface area contributed by atoms with Crippen molar-refractivity contribution in [3.05, 3.63) is 35.9 Å². The van der Waals surface area contributed by atoms with E-state index in [2.05, 4.69) is 29.2 Å². The van der Waals surface area contributed by atoms with Crippen molar-refractivity contribution >= 4 is 0 Å². The van der Waals surface area contributed by atoms with Gasteiger partial charge in [0.25, 0.3) is 0 Å². The van der Waals surface area contributed by atoms with E-state index in [-0.39, 0.29) is 5.54 Å². The van der Waals surface area contributed by atoms with E-state index in [9.17, 15) is 0 Å². The Morgan fingerprint density at radius 1 is 1.27 bits per heavy atom. The van der Waals surface area contributed by atoms with Crippen LogP contribution in [0.5, 0.6) is 0 Å². The van der Waals surface area contributed by atoms with Crippen LogP contribution < -0.4 is 11.5 Å². The van der Waals surface area contributed by atoms with Crippen LogP contribution in [0.1, 0.15) is 12.0 Å². The molecular formula is C12H19N3. The van der Waals surface area contributed by atoms with Crippen molar-refractivity contribution in [1.29, 1.82) is 0 Å². The first-order valence-corrected chi connectivity index (χ1v) is 5.47. The molecule has 0 bridgehead atoms. The van der Waals surface area contributed by atoms with Crippen molar-refractivity contribution in [3.8, 4) is 0 Å². The maximum Gasteiger partial charge on any atom is 0.0419 e. The highest BCUT2D eigenvalue weighted by Crippen LogP contribution is 2.19. The van der Waals surface area contributed by atoms with Crippen molar-refractivity contribution in [2.75, 3.05) is 19.6 Å². The quantitative estimate of drug-likeness (QED) is 0.757. The third kappa shape index (κ3) is 2.56. The third-order valence-electron chi connectivity index (χ3n) is 3.12. The molecule has 0 radical (unpaired) electrons. The molecule has 0 saturated carbocycles. The van der Waals surface area contributed by atoms with E-state index in [1.807, 2.05) is 6.07 Å². The van der Waals surface area contributed by atoms with Crippen molar-refractivity contribution < 1.29 is 0 Å². The molecule has 1 aliphatic rings. The first kappa shape index (κ1) is 10.6. The first-order valence-electron chi connectivity index (χ1n) is 5.47. The van der Waals surface area contributed by atoms with Gasteiger partial charge in [0.15, 0.2) is 0 Å². The lowest BCUT2D eigenvalue weighted by molar-refractivity contribution is 0.305. The van der Waals surface area contributed by atoms with Gasteiger partial charge >= 0.3 is 0 Å². The highest BCUT2D eigenvalue weighted by Gasteiger charge is 2.32. The van der Waals surface area contributed by atoms with E-state index in [0.717, 1.165) is 26.1 Å². The summed E-state index contributed by atoms with van der Waals surface area (Å²) < 4.78 is 0. The molecule has 0 aromatic heterocycles. The molecule has 1 atom stereocenters. The van der Waals surface area contributed by atoms with Gasteiger partial charge in [0.2, 0.25) is 0 Å². The normalized spacial score (nSPS) is 27.1. The number of rotatable bonds is 3. The highest BCUT2D eigenvalue weighted by molar-refractivity contribution is 5.15. The van der Waals surface area contributed by atoms with Gasteiger partial charge in [0, 0.05) is 31.7 Å². The van der Waals surface area contributed by atoms with Gasteiger partial charge in [-0.25, -0.2) is 0 Å². The fourth-order valence-electron chi connectivity index (χ4n) is 2.13. The standard InChI is InChI=1S/C12H19N3/c13-9-12(14)6-7-15(10-12)8-11-4-2-1-3-5-11/h1-5H,6-10,13-14H2/t12-/m0/s1. The summed E-state index contributed by atoms with van der Waals surface area (Å²) in [4.78, 5) is 2.38. The zero-order chi connectivity index (χ0) is 10.7. The largest absolute Gasteiger partial charge is 0.329 e. The Kier molecular flexibility index (Phi) is 3.05. The molecule has 4 N–H and O–H groups in total. The first-order chi connectivity index (χ1) is 7.22. The zero-order valence-electron chi connectivity index (χ0n) is 9.02. The number of hydrogen-bond donors (Lipinski definition) is 2. The fraction of sp³-hybridized carbons (Fsp3) is 0.500. The molecule has 1 fully saturated rings. The van der Waals surface area contributed by atoms with E-state index >= 15 is 0 Å². The summed E-state index contributed by atoms with van der Waals surface area (Å²) in [5.74, 6) is 0. The predicted octanol–water partition coefficient (Wildman–Crippen LogP) is 0.549. The summed E-state index contributed by atoms with van der Waals surface area (Å²) in [6.45, 7) is 3.54. The van der Waals surface area contributed by atoms with Crippen molar-refractivity contribution in [1.82, 2.24) is 4.90 Å². The summed E-state index contributed by atoms with van der Waals surface area (Å²) in [5.41, 5.74) is 13.0. The summed E-state index contributed by atoms with van der Waals surface area (Å²) in [6, 6.07) is 10.5. The molecule has 15 heavy (non-hydrogen) atoms. The van der Waals surface area contributed by atoms with Gasteiger partial charge in [0.05, 0.1) is 0 Å². The predicted molar refractivity (Wildman–Crippen MR) is 62.3 cm³/mol. The number of nitrogens with zero attached hydrogens (tertiary/aromatic N) is 1. The fourth-order valence-corrected chi connectivity index (χ4v) is 2.13. The lowest BCUT2D eigenvalue weighted by Gasteiger charge is -2.22. The van der Waals surface area contributed by atoms with Crippen molar-refractivity contribution in [2.45, 2.75) is 18.5 Å². The second-order valence-electron chi connectivity index (χ2n) is 4.51. The maximum absolute atomic E-state index is 6.14. The smallest absolute Gasteiger partial charge is 0.0419 e. The van der Waals surface area contributed by atoms with Crippen LogP contribution in [0.25, 0.3) is 0 Å². The van der Waals surface area contributed by atoms with Gasteiger partial charge in [-0.2, -0.15) is 0 Å². The minimum absolute atomic E-state index is 0.158. The second kappa shape index (κ2) is 4.31. The van der Waals surface area contributed by atoms with Crippen LogP contribution in [0.3, 0.4) is 0 Å². The maximum atomic E-state index is 6.14. The molecule has 1 heterocycles. The zero-order valence-corrected chi connectivity index (χ0v) is 9.02. The number of hydrogen-bond acceptors (Lipinski definition) is 3. The van der Waals surface area contributed by atoms with Crippen LogP contribution in [-0.4, -0.2) is 30.1 Å². The van der Waals surface area contributed by atoms with Gasteiger partial charge in [-0.15, -0.1) is 0 Å². The minimum atomic E-state index is -0.158. The summed E-state index contributed by atoms with van der Waals surface area (Å²) in [7, 11) is 0. The molecule has 82 valence electrons. The van der Waals surface area contributed by atoms with Crippen molar-refractivity contribution in [3.63, 3.8) is 0 Å². The molecular weight excluding hydrogens is 186 g/mol. The summed E-state index contributed by atoms with van der Waals surface area (Å²) in [5, 5.41) is 0. The Hall–Kier alpha value is -0.900. The molecule has 1 saturated heterocycles. The Morgan fingerprint density at radius 2 is 2.00 bits per heavy atom.